The van der Waals surface area contributed by atoms with Crippen LogP contribution in [0, 0.1) is 0 Å². The molecule has 2 aromatic heterocycles. The summed E-state index contributed by atoms with van der Waals surface area (Å²) in [6.45, 7) is 0. The number of para-hydroxylation sites is 1. The molecule has 0 unspecified atom stereocenters. The summed E-state index contributed by atoms with van der Waals surface area (Å²) in [4.78, 5) is 5.40. The summed E-state index contributed by atoms with van der Waals surface area (Å²) in [5, 5.41) is 6.07. The summed E-state index contributed by atoms with van der Waals surface area (Å²) in [6.07, 6.45) is 0. The molecule has 2 heteroatoms. The lowest BCUT2D eigenvalue weighted by Gasteiger charge is -2.14. The second-order valence-corrected chi connectivity index (χ2v) is 13.2. The number of aromatic nitrogens is 2. The van der Waals surface area contributed by atoms with Gasteiger partial charge in [-0.25, -0.2) is 4.98 Å². The van der Waals surface area contributed by atoms with Crippen molar-refractivity contribution in [2.75, 3.05) is 0 Å². The van der Waals surface area contributed by atoms with Crippen molar-refractivity contribution in [1.82, 2.24) is 9.55 Å². The van der Waals surface area contributed by atoms with Crippen LogP contribution in [-0.4, -0.2) is 9.55 Å². The molecule has 0 N–H and O–H groups in total. The fraction of sp³-hybridized carbons (Fsp3) is 0. The standard InChI is InChI=1S/C49H32N2/c1-4-14-33(15-5-1)34-24-26-35(27-25-34)38-28-29-42-46(30-38)51(48-32-44(37-18-8-3-9-19-37)40-21-12-13-23-45(40)50-48)47-31-43(36-16-6-2-7-17-36)39-20-10-11-22-41(39)49(42)47/h1-32H. The van der Waals surface area contributed by atoms with E-state index in [1.807, 2.05) is 0 Å². The maximum Gasteiger partial charge on any atom is 0.138 e. The van der Waals surface area contributed by atoms with Crippen LogP contribution in [0.2, 0.25) is 0 Å². The topological polar surface area (TPSA) is 17.8 Å². The molecule has 0 amide bonds. The minimum absolute atomic E-state index is 0.901. The van der Waals surface area contributed by atoms with Crippen molar-refractivity contribution >= 4 is 43.5 Å². The fourth-order valence-corrected chi connectivity index (χ4v) is 7.78. The van der Waals surface area contributed by atoms with Crippen molar-refractivity contribution in [3.63, 3.8) is 0 Å². The Kier molecular flexibility index (Phi) is 6.85. The molecule has 0 aliphatic rings. The van der Waals surface area contributed by atoms with Crippen LogP contribution >= 0.6 is 0 Å². The molecule has 238 valence electrons. The maximum absolute atomic E-state index is 5.40. The van der Waals surface area contributed by atoms with Gasteiger partial charge in [-0.3, -0.25) is 4.57 Å². The van der Waals surface area contributed by atoms with Crippen LogP contribution in [0.5, 0.6) is 0 Å². The van der Waals surface area contributed by atoms with E-state index in [0.29, 0.717) is 0 Å². The van der Waals surface area contributed by atoms with E-state index in [1.165, 1.54) is 66.1 Å². The predicted octanol–water partition coefficient (Wildman–Crippen LogP) is 13.2. The Morgan fingerprint density at radius 2 is 0.804 bits per heavy atom. The molecule has 2 nitrogen and oxygen atoms in total. The maximum atomic E-state index is 5.40. The largest absolute Gasteiger partial charge is 0.294 e. The van der Waals surface area contributed by atoms with Gasteiger partial charge in [0.25, 0.3) is 0 Å². The van der Waals surface area contributed by atoms with Gasteiger partial charge in [0.2, 0.25) is 0 Å². The van der Waals surface area contributed by atoms with E-state index in [9.17, 15) is 0 Å². The number of nitrogens with zero attached hydrogens (tertiary/aromatic N) is 2. The summed E-state index contributed by atoms with van der Waals surface area (Å²) in [5.41, 5.74) is 12.8. The van der Waals surface area contributed by atoms with E-state index in [0.717, 1.165) is 27.8 Å². The lowest BCUT2D eigenvalue weighted by atomic mass is 9.94. The molecule has 0 fully saturated rings. The van der Waals surface area contributed by atoms with Crippen LogP contribution in [0.3, 0.4) is 0 Å². The van der Waals surface area contributed by atoms with Crippen molar-refractivity contribution < 1.29 is 0 Å². The quantitative estimate of drug-likeness (QED) is 0.182. The summed E-state index contributed by atoms with van der Waals surface area (Å²) in [5.74, 6) is 0.901. The summed E-state index contributed by atoms with van der Waals surface area (Å²) in [7, 11) is 0. The summed E-state index contributed by atoms with van der Waals surface area (Å²) >= 11 is 0. The molecule has 0 spiro atoms. The Morgan fingerprint density at radius 1 is 0.314 bits per heavy atom. The second kappa shape index (κ2) is 12.0. The van der Waals surface area contributed by atoms with E-state index < -0.39 is 0 Å². The molecule has 0 aliphatic heterocycles. The molecule has 0 aliphatic carbocycles. The van der Waals surface area contributed by atoms with Gasteiger partial charge in [0.15, 0.2) is 0 Å². The van der Waals surface area contributed by atoms with E-state index >= 15 is 0 Å². The Bertz CT molecular complexity index is 2870. The average Bonchev–Trinajstić information content (AvgIpc) is 3.55. The molecule has 51 heavy (non-hydrogen) atoms. The summed E-state index contributed by atoms with van der Waals surface area (Å²) in [6, 6.07) is 69.8. The second-order valence-electron chi connectivity index (χ2n) is 13.2. The SMILES string of the molecule is c1ccc(-c2ccc(-c3ccc4c5c6ccccc6c(-c6ccccc6)cc5n(-c5cc(-c6ccccc6)c6ccccc6n5)c4c3)cc2)cc1. The van der Waals surface area contributed by atoms with E-state index in [1.54, 1.807) is 0 Å². The van der Waals surface area contributed by atoms with Crippen molar-refractivity contribution in [1.29, 1.82) is 0 Å². The first-order valence-electron chi connectivity index (χ1n) is 17.5. The zero-order chi connectivity index (χ0) is 33.7. The van der Waals surface area contributed by atoms with Gasteiger partial charge in [-0.1, -0.05) is 170 Å². The van der Waals surface area contributed by atoms with Crippen LogP contribution in [0.15, 0.2) is 194 Å². The zero-order valence-electron chi connectivity index (χ0n) is 27.9. The Balaban J connectivity index is 1.29. The van der Waals surface area contributed by atoms with Gasteiger partial charge in [0, 0.05) is 16.2 Å². The third kappa shape index (κ3) is 4.92. The lowest BCUT2D eigenvalue weighted by molar-refractivity contribution is 1.10. The molecular weight excluding hydrogens is 617 g/mol. The number of hydrogen-bond donors (Lipinski definition) is 0. The monoisotopic (exact) mass is 648 g/mol. The Hall–Kier alpha value is -6.77. The van der Waals surface area contributed by atoms with Gasteiger partial charge in [0.1, 0.15) is 5.82 Å². The van der Waals surface area contributed by atoms with Crippen molar-refractivity contribution in [3.05, 3.63) is 194 Å². The van der Waals surface area contributed by atoms with Crippen molar-refractivity contribution in [3.8, 4) is 50.3 Å². The van der Waals surface area contributed by atoms with Crippen LogP contribution < -0.4 is 0 Å². The molecule has 10 rings (SSSR count). The number of rotatable bonds is 5. The first-order chi connectivity index (χ1) is 25.3. The van der Waals surface area contributed by atoms with Gasteiger partial charge in [-0.2, -0.15) is 0 Å². The lowest BCUT2D eigenvalue weighted by Crippen LogP contribution is -2.00. The minimum Gasteiger partial charge on any atom is -0.294 e. The molecule has 0 atom stereocenters. The highest BCUT2D eigenvalue weighted by molar-refractivity contribution is 6.24. The Morgan fingerprint density at radius 3 is 1.47 bits per heavy atom. The smallest absolute Gasteiger partial charge is 0.138 e. The highest BCUT2D eigenvalue weighted by Gasteiger charge is 2.20. The number of benzene rings is 8. The normalized spacial score (nSPS) is 11.5. The van der Waals surface area contributed by atoms with Crippen LogP contribution in [0.1, 0.15) is 0 Å². The van der Waals surface area contributed by atoms with Crippen LogP contribution in [0.25, 0.3) is 93.8 Å². The van der Waals surface area contributed by atoms with Gasteiger partial charge < -0.3 is 0 Å². The predicted molar refractivity (Wildman–Crippen MR) is 215 cm³/mol. The summed E-state index contributed by atoms with van der Waals surface area (Å²) < 4.78 is 2.39. The average molecular weight is 649 g/mol. The fourth-order valence-electron chi connectivity index (χ4n) is 7.78. The van der Waals surface area contributed by atoms with Gasteiger partial charge in [-0.15, -0.1) is 0 Å². The molecule has 2 heterocycles. The van der Waals surface area contributed by atoms with Gasteiger partial charge >= 0.3 is 0 Å². The van der Waals surface area contributed by atoms with E-state index in [4.69, 9.17) is 4.98 Å². The Labute approximate surface area is 296 Å². The number of pyridine rings is 1. The highest BCUT2D eigenvalue weighted by Crippen LogP contribution is 2.43. The molecule has 0 saturated heterocycles. The van der Waals surface area contributed by atoms with Crippen LogP contribution in [0.4, 0.5) is 0 Å². The first-order valence-corrected chi connectivity index (χ1v) is 17.5. The van der Waals surface area contributed by atoms with E-state index in [-0.39, 0.29) is 0 Å². The molecule has 0 bridgehead atoms. The van der Waals surface area contributed by atoms with Gasteiger partial charge in [0.05, 0.1) is 16.6 Å². The van der Waals surface area contributed by atoms with Crippen molar-refractivity contribution in [2.24, 2.45) is 0 Å². The molecule has 0 radical (unpaired) electrons. The molecular formula is C49H32N2. The highest BCUT2D eigenvalue weighted by atomic mass is 15.1. The third-order valence-electron chi connectivity index (χ3n) is 10.2. The molecule has 0 saturated carbocycles. The van der Waals surface area contributed by atoms with Crippen molar-refractivity contribution in [2.45, 2.75) is 0 Å². The third-order valence-corrected chi connectivity index (χ3v) is 10.2. The van der Waals surface area contributed by atoms with Gasteiger partial charge in [-0.05, 0) is 79.5 Å². The molecule has 8 aromatic carbocycles. The first kappa shape index (κ1) is 29.2. The minimum atomic E-state index is 0.901. The zero-order valence-corrected chi connectivity index (χ0v) is 27.9. The van der Waals surface area contributed by atoms with E-state index in [2.05, 4.69) is 199 Å². The number of hydrogen-bond acceptors (Lipinski definition) is 1. The molecule has 10 aromatic rings. The van der Waals surface area contributed by atoms with Crippen LogP contribution in [-0.2, 0) is 0 Å². The number of fused-ring (bicyclic) bond motifs is 6.